The quantitative estimate of drug-likeness (QED) is 0.674. The lowest BCUT2D eigenvalue weighted by atomic mass is 9.55. The lowest BCUT2D eigenvalue weighted by Crippen LogP contribution is -2.60. The molecule has 0 radical (unpaired) electrons. The minimum absolute atomic E-state index is 0.486. The summed E-state index contributed by atoms with van der Waals surface area (Å²) in [6, 6.07) is 0.973. The van der Waals surface area contributed by atoms with E-state index in [0.29, 0.717) is 12.1 Å². The summed E-state index contributed by atoms with van der Waals surface area (Å²) < 4.78 is 0. The standard InChI is InChI=1S/C15H26N2/c16-14-10-3-1-2-4-11(10)15(17)13-9-6-5-8(7-9)12(13)14/h8-15H,1-7,16-17H2. The summed E-state index contributed by atoms with van der Waals surface area (Å²) in [4.78, 5) is 0. The molecule has 0 aromatic rings. The second-order valence-electron chi connectivity index (χ2n) is 7.25. The van der Waals surface area contributed by atoms with E-state index in [2.05, 4.69) is 0 Å². The Labute approximate surface area is 105 Å². The van der Waals surface area contributed by atoms with Crippen molar-refractivity contribution in [3.8, 4) is 0 Å². The van der Waals surface area contributed by atoms with E-state index >= 15 is 0 Å². The zero-order valence-electron chi connectivity index (χ0n) is 10.7. The average molecular weight is 234 g/mol. The van der Waals surface area contributed by atoms with Gasteiger partial charge in [0.15, 0.2) is 0 Å². The number of hydrogen-bond donors (Lipinski definition) is 2. The monoisotopic (exact) mass is 234 g/mol. The number of rotatable bonds is 0. The van der Waals surface area contributed by atoms with E-state index in [-0.39, 0.29) is 0 Å². The van der Waals surface area contributed by atoms with Gasteiger partial charge >= 0.3 is 0 Å². The lowest BCUT2D eigenvalue weighted by Gasteiger charge is -2.53. The first-order chi connectivity index (χ1) is 8.27. The molecule has 4 fully saturated rings. The third-order valence-electron chi connectivity index (χ3n) is 6.80. The molecule has 8 atom stereocenters. The van der Waals surface area contributed by atoms with Crippen LogP contribution in [0.5, 0.6) is 0 Å². The molecule has 17 heavy (non-hydrogen) atoms. The van der Waals surface area contributed by atoms with Gasteiger partial charge in [0.1, 0.15) is 0 Å². The predicted molar refractivity (Wildman–Crippen MR) is 69.2 cm³/mol. The fourth-order valence-corrected chi connectivity index (χ4v) is 6.24. The number of nitrogens with two attached hydrogens (primary N) is 2. The second kappa shape index (κ2) is 3.71. The molecule has 96 valence electrons. The van der Waals surface area contributed by atoms with Gasteiger partial charge in [0.2, 0.25) is 0 Å². The molecular formula is C15H26N2. The Morgan fingerprint density at radius 3 is 1.59 bits per heavy atom. The van der Waals surface area contributed by atoms with E-state index in [0.717, 1.165) is 35.5 Å². The summed E-state index contributed by atoms with van der Waals surface area (Å²) in [7, 11) is 0. The zero-order chi connectivity index (χ0) is 11.6. The second-order valence-corrected chi connectivity index (χ2v) is 7.25. The maximum absolute atomic E-state index is 6.67. The molecule has 0 spiro atoms. The van der Waals surface area contributed by atoms with Crippen LogP contribution in [0.3, 0.4) is 0 Å². The van der Waals surface area contributed by atoms with Gasteiger partial charge in [-0.05, 0) is 67.6 Å². The van der Waals surface area contributed by atoms with Crippen molar-refractivity contribution in [1.29, 1.82) is 0 Å². The molecule has 4 rings (SSSR count). The molecule has 2 nitrogen and oxygen atoms in total. The topological polar surface area (TPSA) is 52.0 Å². The Balaban J connectivity index is 1.68. The van der Waals surface area contributed by atoms with Crippen molar-refractivity contribution in [2.45, 2.75) is 57.0 Å². The van der Waals surface area contributed by atoms with Crippen LogP contribution >= 0.6 is 0 Å². The van der Waals surface area contributed by atoms with Crippen molar-refractivity contribution in [3.63, 3.8) is 0 Å². The van der Waals surface area contributed by atoms with Crippen LogP contribution in [0.1, 0.15) is 44.9 Å². The van der Waals surface area contributed by atoms with Crippen LogP contribution in [0.25, 0.3) is 0 Å². The molecule has 4 N–H and O–H groups in total. The van der Waals surface area contributed by atoms with Crippen LogP contribution in [0, 0.1) is 35.5 Å². The highest BCUT2D eigenvalue weighted by molar-refractivity contribution is 5.11. The van der Waals surface area contributed by atoms with Gasteiger partial charge in [0.25, 0.3) is 0 Å². The van der Waals surface area contributed by atoms with E-state index in [9.17, 15) is 0 Å². The van der Waals surface area contributed by atoms with Gasteiger partial charge < -0.3 is 11.5 Å². The van der Waals surface area contributed by atoms with Gasteiger partial charge in [-0.15, -0.1) is 0 Å². The molecule has 8 unspecified atom stereocenters. The van der Waals surface area contributed by atoms with Crippen LogP contribution in [0.4, 0.5) is 0 Å². The third-order valence-corrected chi connectivity index (χ3v) is 6.80. The van der Waals surface area contributed by atoms with E-state index in [1.807, 2.05) is 0 Å². The normalized spacial score (nSPS) is 61.1. The largest absolute Gasteiger partial charge is 0.327 e. The van der Waals surface area contributed by atoms with Gasteiger partial charge in [-0.25, -0.2) is 0 Å². The summed E-state index contributed by atoms with van der Waals surface area (Å²) >= 11 is 0. The minimum atomic E-state index is 0.486. The van der Waals surface area contributed by atoms with Crippen molar-refractivity contribution in [2.24, 2.45) is 47.0 Å². The smallest absolute Gasteiger partial charge is 0.0105 e. The van der Waals surface area contributed by atoms with Gasteiger partial charge in [-0.1, -0.05) is 12.8 Å². The molecule has 4 aliphatic carbocycles. The molecule has 0 aromatic carbocycles. The third kappa shape index (κ3) is 1.34. The van der Waals surface area contributed by atoms with Crippen molar-refractivity contribution in [2.75, 3.05) is 0 Å². The van der Waals surface area contributed by atoms with Gasteiger partial charge in [0.05, 0.1) is 0 Å². The van der Waals surface area contributed by atoms with Crippen LogP contribution < -0.4 is 11.5 Å². The predicted octanol–water partition coefficient (Wildman–Crippen LogP) is 2.12. The van der Waals surface area contributed by atoms with Crippen molar-refractivity contribution < 1.29 is 0 Å². The summed E-state index contributed by atoms with van der Waals surface area (Å²) in [6.07, 6.45) is 9.86. The first kappa shape index (κ1) is 10.8. The maximum atomic E-state index is 6.67. The van der Waals surface area contributed by atoms with Crippen LogP contribution in [-0.2, 0) is 0 Å². The van der Waals surface area contributed by atoms with E-state index < -0.39 is 0 Å². The van der Waals surface area contributed by atoms with E-state index in [1.54, 1.807) is 0 Å². The van der Waals surface area contributed by atoms with Gasteiger partial charge in [-0.3, -0.25) is 0 Å². The Bertz CT molecular complexity index is 286. The van der Waals surface area contributed by atoms with Crippen molar-refractivity contribution in [1.82, 2.24) is 0 Å². The SMILES string of the molecule is NC1C2CCCCC2C(N)C2C3CCC(C3)C12. The average Bonchev–Trinajstić information content (AvgIpc) is 2.96. The Morgan fingerprint density at radius 1 is 0.647 bits per heavy atom. The first-order valence-corrected chi connectivity index (χ1v) is 7.78. The Morgan fingerprint density at radius 2 is 1.12 bits per heavy atom. The fourth-order valence-electron chi connectivity index (χ4n) is 6.24. The van der Waals surface area contributed by atoms with Crippen molar-refractivity contribution >= 4 is 0 Å². The molecule has 2 heteroatoms. The minimum Gasteiger partial charge on any atom is -0.327 e. The summed E-state index contributed by atoms with van der Waals surface area (Å²) in [5.74, 6) is 4.99. The van der Waals surface area contributed by atoms with E-state index in [1.165, 1.54) is 44.9 Å². The van der Waals surface area contributed by atoms with Crippen molar-refractivity contribution in [3.05, 3.63) is 0 Å². The molecule has 2 bridgehead atoms. The highest BCUT2D eigenvalue weighted by atomic mass is 14.8. The highest BCUT2D eigenvalue weighted by Gasteiger charge is 2.58. The maximum Gasteiger partial charge on any atom is 0.0105 e. The molecule has 0 aromatic heterocycles. The molecule has 0 amide bonds. The summed E-state index contributed by atoms with van der Waals surface area (Å²) in [5.41, 5.74) is 13.3. The Kier molecular flexibility index (Phi) is 2.36. The molecule has 0 heterocycles. The number of fused-ring (bicyclic) bond motifs is 6. The summed E-state index contributed by atoms with van der Waals surface area (Å²) in [6.45, 7) is 0. The van der Waals surface area contributed by atoms with Crippen LogP contribution in [-0.4, -0.2) is 12.1 Å². The van der Waals surface area contributed by atoms with Gasteiger partial charge in [0, 0.05) is 12.1 Å². The highest BCUT2D eigenvalue weighted by Crippen LogP contribution is 2.60. The molecule has 4 saturated carbocycles. The fraction of sp³-hybridized carbons (Fsp3) is 1.00. The summed E-state index contributed by atoms with van der Waals surface area (Å²) in [5, 5.41) is 0. The molecular weight excluding hydrogens is 208 g/mol. The number of hydrogen-bond acceptors (Lipinski definition) is 2. The molecule has 0 aliphatic heterocycles. The first-order valence-electron chi connectivity index (χ1n) is 7.78. The lowest BCUT2D eigenvalue weighted by molar-refractivity contribution is 0.00367. The molecule has 4 aliphatic rings. The van der Waals surface area contributed by atoms with Crippen LogP contribution in [0.15, 0.2) is 0 Å². The van der Waals surface area contributed by atoms with E-state index in [4.69, 9.17) is 11.5 Å². The Hall–Kier alpha value is -0.0800. The van der Waals surface area contributed by atoms with Gasteiger partial charge in [-0.2, -0.15) is 0 Å². The zero-order valence-corrected chi connectivity index (χ0v) is 10.7. The van der Waals surface area contributed by atoms with Crippen LogP contribution in [0.2, 0.25) is 0 Å². The molecule has 0 saturated heterocycles.